The third-order valence-corrected chi connectivity index (χ3v) is 2.84. The maximum Gasteiger partial charge on any atom is 0.326 e. The lowest BCUT2D eigenvalue weighted by Crippen LogP contribution is -2.40. The minimum atomic E-state index is -1.11. The Balaban J connectivity index is 2.72. The van der Waals surface area contributed by atoms with Crippen LogP contribution in [0.2, 0.25) is 0 Å². The Morgan fingerprint density at radius 3 is 2.65 bits per heavy atom. The summed E-state index contributed by atoms with van der Waals surface area (Å²) in [7, 11) is 1.53. The average Bonchev–Trinajstić information content (AvgIpc) is 2.37. The number of carbonyl (C=O) groups excluding carboxylic acids is 1. The standard InChI is InChI=1S/C14H19NO5/c1-9-5-6-10(12(16)8-9)13(17)15-11(14(18)19)4-3-7-20-2/h5-6,8,11,16H,3-4,7H2,1-2H3,(H,15,17)(H,18,19). The molecule has 0 spiro atoms. The Morgan fingerprint density at radius 2 is 2.10 bits per heavy atom. The third-order valence-electron chi connectivity index (χ3n) is 2.84. The van der Waals surface area contributed by atoms with Gasteiger partial charge in [0.1, 0.15) is 11.8 Å². The fourth-order valence-corrected chi connectivity index (χ4v) is 1.76. The average molecular weight is 281 g/mol. The molecule has 0 aliphatic rings. The smallest absolute Gasteiger partial charge is 0.326 e. The van der Waals surface area contributed by atoms with Gasteiger partial charge in [-0.2, -0.15) is 0 Å². The summed E-state index contributed by atoms with van der Waals surface area (Å²) in [6.07, 6.45) is 0.787. The van der Waals surface area contributed by atoms with Gasteiger partial charge in [-0.1, -0.05) is 6.07 Å². The van der Waals surface area contributed by atoms with Crippen molar-refractivity contribution in [2.24, 2.45) is 0 Å². The van der Waals surface area contributed by atoms with Crippen LogP contribution in [-0.2, 0) is 9.53 Å². The van der Waals surface area contributed by atoms with Gasteiger partial charge in [0, 0.05) is 13.7 Å². The number of benzene rings is 1. The highest BCUT2D eigenvalue weighted by atomic mass is 16.5. The highest BCUT2D eigenvalue weighted by Gasteiger charge is 2.21. The summed E-state index contributed by atoms with van der Waals surface area (Å²) >= 11 is 0. The van der Waals surface area contributed by atoms with Gasteiger partial charge < -0.3 is 20.3 Å². The van der Waals surface area contributed by atoms with E-state index in [4.69, 9.17) is 9.84 Å². The van der Waals surface area contributed by atoms with Gasteiger partial charge in [-0.05, 0) is 37.5 Å². The second kappa shape index (κ2) is 7.49. The lowest BCUT2D eigenvalue weighted by molar-refractivity contribution is -0.139. The molecule has 1 aromatic rings. The number of aryl methyl sites for hydroxylation is 1. The van der Waals surface area contributed by atoms with E-state index >= 15 is 0 Å². The number of carboxylic acids is 1. The highest BCUT2D eigenvalue weighted by molar-refractivity contribution is 5.98. The van der Waals surface area contributed by atoms with Crippen molar-refractivity contribution in [3.63, 3.8) is 0 Å². The first-order valence-electron chi connectivity index (χ1n) is 6.28. The minimum absolute atomic E-state index is 0.0635. The van der Waals surface area contributed by atoms with Crippen molar-refractivity contribution in [1.82, 2.24) is 5.32 Å². The molecular weight excluding hydrogens is 262 g/mol. The number of rotatable bonds is 7. The topological polar surface area (TPSA) is 95.9 Å². The van der Waals surface area contributed by atoms with E-state index in [9.17, 15) is 14.7 Å². The SMILES string of the molecule is COCCCC(NC(=O)c1ccc(C)cc1O)C(=O)O. The molecule has 110 valence electrons. The van der Waals surface area contributed by atoms with E-state index in [-0.39, 0.29) is 17.7 Å². The van der Waals surface area contributed by atoms with E-state index in [0.29, 0.717) is 13.0 Å². The summed E-state index contributed by atoms with van der Waals surface area (Å²) < 4.78 is 4.85. The maximum atomic E-state index is 12.0. The number of aromatic hydroxyl groups is 1. The number of phenolic OH excluding ortho intramolecular Hbond substituents is 1. The number of aliphatic carboxylic acids is 1. The molecule has 1 rings (SSSR count). The zero-order valence-electron chi connectivity index (χ0n) is 11.5. The first-order chi connectivity index (χ1) is 9.45. The van der Waals surface area contributed by atoms with Gasteiger partial charge in [-0.3, -0.25) is 4.79 Å². The molecule has 3 N–H and O–H groups in total. The summed E-state index contributed by atoms with van der Waals surface area (Å²) in [5, 5.41) is 21.2. The van der Waals surface area contributed by atoms with Crippen LogP contribution in [0.4, 0.5) is 0 Å². The summed E-state index contributed by atoms with van der Waals surface area (Å²) in [5.41, 5.74) is 0.877. The lowest BCUT2D eigenvalue weighted by Gasteiger charge is -2.15. The van der Waals surface area contributed by atoms with Gasteiger partial charge in [0.05, 0.1) is 5.56 Å². The molecule has 0 heterocycles. The lowest BCUT2D eigenvalue weighted by atomic mass is 10.1. The molecule has 1 amide bonds. The van der Waals surface area contributed by atoms with Crippen molar-refractivity contribution in [1.29, 1.82) is 0 Å². The van der Waals surface area contributed by atoms with E-state index in [0.717, 1.165) is 5.56 Å². The van der Waals surface area contributed by atoms with Crippen molar-refractivity contribution in [2.45, 2.75) is 25.8 Å². The van der Waals surface area contributed by atoms with Crippen molar-refractivity contribution in [3.05, 3.63) is 29.3 Å². The summed E-state index contributed by atoms with van der Waals surface area (Å²) in [6, 6.07) is 3.59. The highest BCUT2D eigenvalue weighted by Crippen LogP contribution is 2.18. The van der Waals surface area contributed by atoms with Crippen LogP contribution in [0.5, 0.6) is 5.75 Å². The van der Waals surface area contributed by atoms with Gasteiger partial charge in [-0.25, -0.2) is 4.79 Å². The summed E-state index contributed by atoms with van der Waals surface area (Å²) in [6.45, 7) is 2.21. The van der Waals surface area contributed by atoms with E-state index in [1.54, 1.807) is 13.0 Å². The maximum absolute atomic E-state index is 12.0. The summed E-state index contributed by atoms with van der Waals surface area (Å²) in [4.78, 5) is 23.0. The van der Waals surface area contributed by atoms with Gasteiger partial charge in [0.25, 0.3) is 5.91 Å². The fraction of sp³-hybridized carbons (Fsp3) is 0.429. The molecule has 1 atom stereocenters. The van der Waals surface area contributed by atoms with Crippen molar-refractivity contribution in [2.75, 3.05) is 13.7 Å². The number of carbonyl (C=O) groups is 2. The number of hydrogen-bond acceptors (Lipinski definition) is 4. The number of amides is 1. The van der Waals surface area contributed by atoms with Crippen LogP contribution in [0.1, 0.15) is 28.8 Å². The molecule has 0 saturated heterocycles. The Labute approximate surface area is 117 Å². The Morgan fingerprint density at radius 1 is 1.40 bits per heavy atom. The van der Waals surface area contributed by atoms with Crippen molar-refractivity contribution >= 4 is 11.9 Å². The number of hydrogen-bond donors (Lipinski definition) is 3. The van der Waals surface area contributed by atoms with Gasteiger partial charge in [-0.15, -0.1) is 0 Å². The minimum Gasteiger partial charge on any atom is -0.507 e. The van der Waals surface area contributed by atoms with Crippen LogP contribution < -0.4 is 5.32 Å². The molecule has 6 nitrogen and oxygen atoms in total. The van der Waals surface area contributed by atoms with Crippen molar-refractivity contribution in [3.8, 4) is 5.75 Å². The monoisotopic (exact) mass is 281 g/mol. The van der Waals surface area contributed by atoms with E-state index in [1.807, 2.05) is 0 Å². The molecular formula is C14H19NO5. The number of nitrogens with one attached hydrogen (secondary N) is 1. The first-order valence-corrected chi connectivity index (χ1v) is 6.28. The molecule has 6 heteroatoms. The normalized spacial score (nSPS) is 11.9. The number of ether oxygens (including phenoxy) is 1. The van der Waals surface area contributed by atoms with Gasteiger partial charge in [0.2, 0.25) is 0 Å². The molecule has 0 aliphatic heterocycles. The second-order valence-electron chi connectivity index (χ2n) is 4.52. The van der Waals surface area contributed by atoms with Crippen LogP contribution in [0.3, 0.4) is 0 Å². The van der Waals surface area contributed by atoms with Crippen LogP contribution in [0.25, 0.3) is 0 Å². The van der Waals surface area contributed by atoms with Gasteiger partial charge in [0.15, 0.2) is 0 Å². The quantitative estimate of drug-likeness (QED) is 0.655. The largest absolute Gasteiger partial charge is 0.507 e. The predicted octanol–water partition coefficient (Wildman–Crippen LogP) is 1.31. The number of phenols is 1. The Kier molecular flexibility index (Phi) is 5.99. The zero-order valence-corrected chi connectivity index (χ0v) is 11.5. The van der Waals surface area contributed by atoms with Crippen LogP contribution in [0.15, 0.2) is 18.2 Å². The fourth-order valence-electron chi connectivity index (χ4n) is 1.76. The van der Waals surface area contributed by atoms with Gasteiger partial charge >= 0.3 is 5.97 Å². The van der Waals surface area contributed by atoms with E-state index in [2.05, 4.69) is 5.32 Å². The second-order valence-corrected chi connectivity index (χ2v) is 4.52. The summed E-state index contributed by atoms with van der Waals surface area (Å²) in [5.74, 6) is -1.88. The van der Waals surface area contributed by atoms with Crippen LogP contribution >= 0.6 is 0 Å². The molecule has 0 bridgehead atoms. The molecule has 0 fully saturated rings. The van der Waals surface area contributed by atoms with Crippen molar-refractivity contribution < 1.29 is 24.5 Å². The number of methoxy groups -OCH3 is 1. The van der Waals surface area contributed by atoms with Crippen LogP contribution in [-0.4, -0.2) is 41.8 Å². The molecule has 20 heavy (non-hydrogen) atoms. The molecule has 1 aromatic carbocycles. The van der Waals surface area contributed by atoms with Crippen LogP contribution in [0, 0.1) is 6.92 Å². The molecule has 1 unspecified atom stereocenters. The zero-order chi connectivity index (χ0) is 15.1. The third kappa shape index (κ3) is 4.55. The Hall–Kier alpha value is -2.08. The molecule has 0 radical (unpaired) electrons. The van der Waals surface area contributed by atoms with E-state index in [1.165, 1.54) is 19.2 Å². The molecule has 0 aromatic heterocycles. The molecule has 0 aliphatic carbocycles. The van der Waals surface area contributed by atoms with E-state index < -0.39 is 17.9 Å². The Bertz CT molecular complexity index is 486. The first kappa shape index (κ1) is 16.0. The predicted molar refractivity (Wildman–Crippen MR) is 72.8 cm³/mol. The number of carboxylic acid groups (broad SMARTS) is 1. The molecule has 0 saturated carbocycles.